The molecule has 0 saturated heterocycles. The van der Waals surface area contributed by atoms with Crippen molar-refractivity contribution in [2.75, 3.05) is 23.9 Å². The number of carbonyl (C=O) groups excluding carboxylic acids is 2. The lowest BCUT2D eigenvalue weighted by molar-refractivity contribution is -0.120. The third kappa shape index (κ3) is 4.07. The van der Waals surface area contributed by atoms with E-state index in [0.717, 1.165) is 5.56 Å². The second kappa shape index (κ2) is 8.98. The summed E-state index contributed by atoms with van der Waals surface area (Å²) in [5, 5.41) is 3.17. The van der Waals surface area contributed by atoms with E-state index in [1.54, 1.807) is 43.5 Å². The Balaban J connectivity index is 1.79. The maximum Gasteiger partial charge on any atom is 0.282 e. The van der Waals surface area contributed by atoms with E-state index in [1.165, 1.54) is 4.90 Å². The summed E-state index contributed by atoms with van der Waals surface area (Å²) in [5.74, 6) is 0.555. The minimum Gasteiger partial charge on any atom is -0.497 e. The van der Waals surface area contributed by atoms with Crippen LogP contribution >= 0.6 is 0 Å². The van der Waals surface area contributed by atoms with Gasteiger partial charge < -0.3 is 14.8 Å². The van der Waals surface area contributed by atoms with Gasteiger partial charge in [-0.25, -0.2) is 4.90 Å². The van der Waals surface area contributed by atoms with Gasteiger partial charge in [0, 0.05) is 11.8 Å². The van der Waals surface area contributed by atoms with Gasteiger partial charge in [-0.2, -0.15) is 0 Å². The van der Waals surface area contributed by atoms with E-state index in [9.17, 15) is 9.59 Å². The molecule has 1 aliphatic heterocycles. The van der Waals surface area contributed by atoms with Crippen LogP contribution in [0.15, 0.2) is 78.5 Å². The van der Waals surface area contributed by atoms with Crippen molar-refractivity contribution in [3.63, 3.8) is 0 Å². The van der Waals surface area contributed by atoms with Crippen LogP contribution in [0.4, 0.5) is 11.4 Å². The summed E-state index contributed by atoms with van der Waals surface area (Å²) in [4.78, 5) is 28.2. The standard InChI is InChI=1S/C26H24N2O4/c1-4-32-22-10-6-8-19(16-22)27-24-23(18-11-13-21(31-3)14-12-18)25(29)28(26(24)30)20-9-5-7-17(2)15-20/h5-16,27H,4H2,1-3H3. The Morgan fingerprint density at radius 1 is 0.875 bits per heavy atom. The summed E-state index contributed by atoms with van der Waals surface area (Å²) in [7, 11) is 1.58. The normalized spacial score (nSPS) is 13.5. The molecule has 0 fully saturated rings. The average Bonchev–Trinajstić information content (AvgIpc) is 3.03. The van der Waals surface area contributed by atoms with Crippen molar-refractivity contribution in [1.29, 1.82) is 0 Å². The lowest BCUT2D eigenvalue weighted by Gasteiger charge is -2.16. The van der Waals surface area contributed by atoms with Gasteiger partial charge in [-0.1, -0.05) is 30.3 Å². The van der Waals surface area contributed by atoms with Gasteiger partial charge in [0.2, 0.25) is 0 Å². The van der Waals surface area contributed by atoms with Crippen LogP contribution in [0, 0.1) is 6.92 Å². The smallest absolute Gasteiger partial charge is 0.282 e. The second-order valence-corrected chi connectivity index (χ2v) is 7.35. The first-order valence-corrected chi connectivity index (χ1v) is 10.4. The first kappa shape index (κ1) is 21.2. The molecule has 0 spiro atoms. The lowest BCUT2D eigenvalue weighted by atomic mass is 10.0. The number of hydrogen-bond acceptors (Lipinski definition) is 5. The monoisotopic (exact) mass is 428 g/mol. The van der Waals surface area contributed by atoms with Gasteiger partial charge in [0.25, 0.3) is 11.8 Å². The Morgan fingerprint density at radius 3 is 2.31 bits per heavy atom. The highest BCUT2D eigenvalue weighted by Crippen LogP contribution is 2.35. The number of hydrogen-bond donors (Lipinski definition) is 1. The van der Waals surface area contributed by atoms with Crippen LogP contribution < -0.4 is 19.7 Å². The zero-order valence-corrected chi connectivity index (χ0v) is 18.2. The number of aryl methyl sites for hydroxylation is 1. The third-order valence-corrected chi connectivity index (χ3v) is 5.14. The highest BCUT2D eigenvalue weighted by molar-refractivity contribution is 6.46. The number of methoxy groups -OCH3 is 1. The van der Waals surface area contributed by atoms with Gasteiger partial charge >= 0.3 is 0 Å². The molecule has 0 radical (unpaired) electrons. The Labute approximate surface area is 187 Å². The van der Waals surface area contributed by atoms with Crippen LogP contribution in [0.1, 0.15) is 18.1 Å². The predicted octanol–water partition coefficient (Wildman–Crippen LogP) is 4.80. The number of imide groups is 1. The van der Waals surface area contributed by atoms with Gasteiger partial charge in [-0.3, -0.25) is 9.59 Å². The average molecular weight is 428 g/mol. The summed E-state index contributed by atoms with van der Waals surface area (Å²) >= 11 is 0. The van der Waals surface area contributed by atoms with Crippen LogP contribution in [0.5, 0.6) is 11.5 Å². The number of carbonyl (C=O) groups is 2. The maximum absolute atomic E-state index is 13.5. The molecule has 6 heteroatoms. The van der Waals surface area contributed by atoms with Crippen LogP contribution in [-0.4, -0.2) is 25.5 Å². The Bertz CT molecular complexity index is 1200. The van der Waals surface area contributed by atoms with E-state index in [-0.39, 0.29) is 11.6 Å². The molecule has 1 aliphatic rings. The largest absolute Gasteiger partial charge is 0.497 e. The molecule has 0 unspecified atom stereocenters. The third-order valence-electron chi connectivity index (χ3n) is 5.14. The van der Waals surface area contributed by atoms with Crippen LogP contribution in [0.2, 0.25) is 0 Å². The summed E-state index contributed by atoms with van der Waals surface area (Å²) in [6.45, 7) is 4.36. The topological polar surface area (TPSA) is 67.9 Å². The van der Waals surface area contributed by atoms with E-state index in [1.807, 2.05) is 50.2 Å². The number of nitrogens with one attached hydrogen (secondary N) is 1. The zero-order chi connectivity index (χ0) is 22.7. The van der Waals surface area contributed by atoms with E-state index >= 15 is 0 Å². The van der Waals surface area contributed by atoms with Gasteiger partial charge in [-0.05, 0) is 61.4 Å². The molecule has 162 valence electrons. The molecule has 0 aliphatic carbocycles. The van der Waals surface area contributed by atoms with E-state index in [0.29, 0.717) is 40.6 Å². The molecule has 1 N–H and O–H groups in total. The first-order chi connectivity index (χ1) is 15.5. The number of nitrogens with zero attached hydrogens (tertiary/aromatic N) is 1. The van der Waals surface area contributed by atoms with Crippen molar-refractivity contribution >= 4 is 28.8 Å². The van der Waals surface area contributed by atoms with Crippen LogP contribution in [0.3, 0.4) is 0 Å². The Hall–Kier alpha value is -4.06. The quantitative estimate of drug-likeness (QED) is 0.548. The summed E-state index contributed by atoms with van der Waals surface area (Å²) in [5.41, 5.74) is 3.30. The second-order valence-electron chi connectivity index (χ2n) is 7.35. The number of anilines is 2. The SMILES string of the molecule is CCOc1cccc(NC2=C(c3ccc(OC)cc3)C(=O)N(c3cccc(C)c3)C2=O)c1. The molecule has 3 aromatic rings. The van der Waals surface area contributed by atoms with Crippen molar-refractivity contribution in [3.8, 4) is 11.5 Å². The van der Waals surface area contributed by atoms with Crippen molar-refractivity contribution in [1.82, 2.24) is 0 Å². The number of ether oxygens (including phenoxy) is 2. The van der Waals surface area contributed by atoms with Crippen molar-refractivity contribution < 1.29 is 19.1 Å². The first-order valence-electron chi connectivity index (χ1n) is 10.4. The molecular weight excluding hydrogens is 404 g/mol. The van der Waals surface area contributed by atoms with E-state index < -0.39 is 5.91 Å². The molecule has 0 bridgehead atoms. The highest BCUT2D eigenvalue weighted by Gasteiger charge is 2.40. The van der Waals surface area contributed by atoms with Crippen LogP contribution in [-0.2, 0) is 9.59 Å². The molecule has 4 rings (SSSR count). The molecule has 0 saturated carbocycles. The maximum atomic E-state index is 13.5. The number of rotatable bonds is 7. The number of amides is 2. The summed E-state index contributed by atoms with van der Waals surface area (Å²) in [6.07, 6.45) is 0. The predicted molar refractivity (Wildman–Crippen MR) is 125 cm³/mol. The minimum absolute atomic E-state index is 0.218. The molecule has 1 heterocycles. The van der Waals surface area contributed by atoms with E-state index in [4.69, 9.17) is 9.47 Å². The molecular formula is C26H24N2O4. The fraction of sp³-hybridized carbons (Fsp3) is 0.154. The van der Waals surface area contributed by atoms with Crippen LogP contribution in [0.25, 0.3) is 5.57 Å². The van der Waals surface area contributed by atoms with Crippen molar-refractivity contribution in [2.45, 2.75) is 13.8 Å². The summed E-state index contributed by atoms with van der Waals surface area (Å²) in [6, 6.07) is 21.7. The highest BCUT2D eigenvalue weighted by atomic mass is 16.5. The fourth-order valence-electron chi connectivity index (χ4n) is 3.65. The molecule has 2 amide bonds. The Kier molecular flexibility index (Phi) is 5.94. The Morgan fingerprint density at radius 2 is 1.62 bits per heavy atom. The molecule has 32 heavy (non-hydrogen) atoms. The van der Waals surface area contributed by atoms with Crippen molar-refractivity contribution in [2.24, 2.45) is 0 Å². The minimum atomic E-state index is -0.409. The zero-order valence-electron chi connectivity index (χ0n) is 18.2. The van der Waals surface area contributed by atoms with Gasteiger partial charge in [0.05, 0.1) is 25.0 Å². The van der Waals surface area contributed by atoms with Gasteiger partial charge in [0.15, 0.2) is 0 Å². The van der Waals surface area contributed by atoms with Gasteiger partial charge in [0.1, 0.15) is 17.2 Å². The van der Waals surface area contributed by atoms with Crippen molar-refractivity contribution in [3.05, 3.63) is 89.6 Å². The summed E-state index contributed by atoms with van der Waals surface area (Å²) < 4.78 is 10.8. The molecule has 3 aromatic carbocycles. The fourth-order valence-corrected chi connectivity index (χ4v) is 3.65. The molecule has 6 nitrogen and oxygen atoms in total. The molecule has 0 atom stereocenters. The lowest BCUT2D eigenvalue weighted by Crippen LogP contribution is -2.32. The number of benzene rings is 3. The van der Waals surface area contributed by atoms with Gasteiger partial charge in [-0.15, -0.1) is 0 Å². The molecule has 0 aromatic heterocycles. The van der Waals surface area contributed by atoms with E-state index in [2.05, 4.69) is 5.32 Å².